The quantitative estimate of drug-likeness (QED) is 0.700. The van der Waals surface area contributed by atoms with E-state index in [1.807, 2.05) is 38.2 Å². The Kier molecular flexibility index (Phi) is 5.79. The number of nitrogens with one attached hydrogen (secondary N) is 2. The second-order valence-corrected chi connectivity index (χ2v) is 5.98. The highest BCUT2D eigenvalue weighted by atomic mass is 16.4. The molecule has 5 nitrogen and oxygen atoms in total. The van der Waals surface area contributed by atoms with E-state index in [4.69, 9.17) is 0 Å². The second kappa shape index (κ2) is 7.81. The number of H-pyrrole nitrogens is 1. The second-order valence-electron chi connectivity index (χ2n) is 5.98. The normalized spacial score (nSPS) is 13.7. The number of carbonyl (C=O) groups is 2. The Balaban J connectivity index is 1.86. The number of aryl methyl sites for hydroxylation is 1. The average molecular weight is 316 g/mol. The summed E-state index contributed by atoms with van der Waals surface area (Å²) >= 11 is 0. The van der Waals surface area contributed by atoms with Crippen molar-refractivity contribution in [2.24, 2.45) is 5.92 Å². The largest absolute Gasteiger partial charge is 0.480 e. The van der Waals surface area contributed by atoms with Gasteiger partial charge >= 0.3 is 5.97 Å². The molecule has 1 aromatic heterocycles. The van der Waals surface area contributed by atoms with Gasteiger partial charge in [0.15, 0.2) is 0 Å². The third-order valence-electron chi connectivity index (χ3n) is 4.32. The summed E-state index contributed by atoms with van der Waals surface area (Å²) in [4.78, 5) is 26.4. The van der Waals surface area contributed by atoms with E-state index < -0.39 is 12.0 Å². The Bertz CT molecular complexity index is 678. The van der Waals surface area contributed by atoms with Gasteiger partial charge < -0.3 is 15.4 Å². The molecule has 0 saturated heterocycles. The van der Waals surface area contributed by atoms with E-state index in [1.165, 1.54) is 10.9 Å². The van der Waals surface area contributed by atoms with Crippen molar-refractivity contribution in [2.75, 3.05) is 0 Å². The first kappa shape index (κ1) is 17.1. The van der Waals surface area contributed by atoms with E-state index in [0.29, 0.717) is 19.3 Å². The number of aromatic nitrogens is 1. The average Bonchev–Trinajstić information content (AvgIpc) is 2.95. The first-order chi connectivity index (χ1) is 11.0. The first-order valence-electron chi connectivity index (χ1n) is 8.10. The SMILES string of the molecule is CC[C@H](C)[C@H](NC(=O)CCCc1c[nH]c2ccccc12)C(=O)O. The van der Waals surface area contributed by atoms with Crippen molar-refractivity contribution >= 4 is 22.8 Å². The number of para-hydroxylation sites is 1. The van der Waals surface area contributed by atoms with E-state index in [9.17, 15) is 14.7 Å². The number of rotatable bonds is 8. The summed E-state index contributed by atoms with van der Waals surface area (Å²) in [5.41, 5.74) is 2.28. The molecule has 0 saturated carbocycles. The van der Waals surface area contributed by atoms with Crippen LogP contribution in [0.3, 0.4) is 0 Å². The molecule has 124 valence electrons. The number of carboxylic acid groups (broad SMARTS) is 1. The maximum Gasteiger partial charge on any atom is 0.326 e. The van der Waals surface area contributed by atoms with Crippen LogP contribution in [-0.2, 0) is 16.0 Å². The summed E-state index contributed by atoms with van der Waals surface area (Å²) in [6.45, 7) is 3.76. The third-order valence-corrected chi connectivity index (χ3v) is 4.32. The molecule has 1 aromatic carbocycles. The van der Waals surface area contributed by atoms with Crippen molar-refractivity contribution in [2.45, 2.75) is 45.6 Å². The van der Waals surface area contributed by atoms with Gasteiger partial charge in [-0.15, -0.1) is 0 Å². The van der Waals surface area contributed by atoms with Crippen LogP contribution in [-0.4, -0.2) is 28.0 Å². The number of hydrogen-bond acceptors (Lipinski definition) is 2. The molecule has 0 aliphatic rings. The predicted molar refractivity (Wildman–Crippen MR) is 90.3 cm³/mol. The van der Waals surface area contributed by atoms with Crippen molar-refractivity contribution in [1.82, 2.24) is 10.3 Å². The molecule has 0 bridgehead atoms. The molecule has 0 unspecified atom stereocenters. The van der Waals surface area contributed by atoms with Gasteiger partial charge in [-0.25, -0.2) is 4.79 Å². The molecule has 0 aliphatic heterocycles. The zero-order valence-electron chi connectivity index (χ0n) is 13.6. The molecule has 3 N–H and O–H groups in total. The van der Waals surface area contributed by atoms with Gasteiger partial charge in [0.1, 0.15) is 6.04 Å². The summed E-state index contributed by atoms with van der Waals surface area (Å²) in [6, 6.07) is 7.26. The van der Waals surface area contributed by atoms with E-state index in [1.54, 1.807) is 0 Å². The fourth-order valence-corrected chi connectivity index (χ4v) is 2.71. The highest BCUT2D eigenvalue weighted by Gasteiger charge is 2.24. The van der Waals surface area contributed by atoms with Gasteiger partial charge in [-0.1, -0.05) is 38.5 Å². The van der Waals surface area contributed by atoms with E-state index in [-0.39, 0.29) is 11.8 Å². The van der Waals surface area contributed by atoms with Crippen molar-refractivity contribution in [3.63, 3.8) is 0 Å². The molecular weight excluding hydrogens is 292 g/mol. The zero-order chi connectivity index (χ0) is 16.8. The highest BCUT2D eigenvalue weighted by molar-refractivity contribution is 5.84. The van der Waals surface area contributed by atoms with Crippen LogP contribution in [0.5, 0.6) is 0 Å². The molecule has 0 radical (unpaired) electrons. The van der Waals surface area contributed by atoms with Crippen molar-refractivity contribution in [3.8, 4) is 0 Å². The molecule has 0 aliphatic carbocycles. The molecule has 1 heterocycles. The van der Waals surface area contributed by atoms with Crippen LogP contribution in [0.15, 0.2) is 30.5 Å². The molecule has 2 rings (SSSR count). The number of carbonyl (C=O) groups excluding carboxylic acids is 1. The molecule has 0 spiro atoms. The van der Waals surface area contributed by atoms with Crippen LogP contribution in [0.4, 0.5) is 0 Å². The van der Waals surface area contributed by atoms with Crippen LogP contribution < -0.4 is 5.32 Å². The van der Waals surface area contributed by atoms with Crippen molar-refractivity contribution < 1.29 is 14.7 Å². The van der Waals surface area contributed by atoms with Gasteiger partial charge in [-0.2, -0.15) is 0 Å². The molecule has 1 amide bonds. The van der Waals surface area contributed by atoms with Crippen LogP contribution >= 0.6 is 0 Å². The third kappa shape index (κ3) is 4.34. The molecule has 2 aromatic rings. The van der Waals surface area contributed by atoms with Gasteiger partial charge in [-0.3, -0.25) is 4.79 Å². The fraction of sp³-hybridized carbons (Fsp3) is 0.444. The number of benzene rings is 1. The summed E-state index contributed by atoms with van der Waals surface area (Å²) in [7, 11) is 0. The fourth-order valence-electron chi connectivity index (χ4n) is 2.71. The lowest BCUT2D eigenvalue weighted by molar-refractivity contribution is -0.143. The van der Waals surface area contributed by atoms with Crippen LogP contribution in [0, 0.1) is 5.92 Å². The summed E-state index contributed by atoms with van der Waals surface area (Å²) < 4.78 is 0. The first-order valence-corrected chi connectivity index (χ1v) is 8.10. The van der Waals surface area contributed by atoms with E-state index in [2.05, 4.69) is 16.4 Å². The summed E-state index contributed by atoms with van der Waals surface area (Å²) in [6.07, 6.45) is 4.51. The van der Waals surface area contributed by atoms with Crippen molar-refractivity contribution in [3.05, 3.63) is 36.0 Å². The molecule has 2 atom stereocenters. The monoisotopic (exact) mass is 316 g/mol. The minimum absolute atomic E-state index is 0.0786. The zero-order valence-corrected chi connectivity index (χ0v) is 13.6. The standard InChI is InChI=1S/C18H24N2O3/c1-3-12(2)17(18(22)23)20-16(21)10-6-7-13-11-19-15-9-5-4-8-14(13)15/h4-5,8-9,11-12,17,19H,3,6-7,10H2,1-2H3,(H,20,21)(H,22,23)/t12-,17-/m0/s1. The lowest BCUT2D eigenvalue weighted by atomic mass is 9.99. The molecule has 23 heavy (non-hydrogen) atoms. The minimum Gasteiger partial charge on any atom is -0.480 e. The topological polar surface area (TPSA) is 82.2 Å². The van der Waals surface area contributed by atoms with Gasteiger partial charge in [0, 0.05) is 23.5 Å². The lowest BCUT2D eigenvalue weighted by Crippen LogP contribution is -2.44. The lowest BCUT2D eigenvalue weighted by Gasteiger charge is -2.20. The number of fused-ring (bicyclic) bond motifs is 1. The van der Waals surface area contributed by atoms with E-state index >= 15 is 0 Å². The van der Waals surface area contributed by atoms with Crippen molar-refractivity contribution in [1.29, 1.82) is 0 Å². The Morgan fingerprint density at radius 3 is 2.74 bits per heavy atom. The maximum atomic E-state index is 12.0. The van der Waals surface area contributed by atoms with Gasteiger partial charge in [-0.05, 0) is 30.4 Å². The van der Waals surface area contributed by atoms with Gasteiger partial charge in [0.25, 0.3) is 0 Å². The maximum absolute atomic E-state index is 12.0. The molecule has 5 heteroatoms. The highest BCUT2D eigenvalue weighted by Crippen LogP contribution is 2.19. The number of amides is 1. The summed E-state index contributed by atoms with van der Waals surface area (Å²) in [5, 5.41) is 13.0. The van der Waals surface area contributed by atoms with E-state index in [0.717, 1.165) is 11.9 Å². The Morgan fingerprint density at radius 2 is 2.04 bits per heavy atom. The smallest absolute Gasteiger partial charge is 0.326 e. The van der Waals surface area contributed by atoms with Crippen LogP contribution in [0.2, 0.25) is 0 Å². The Morgan fingerprint density at radius 1 is 1.30 bits per heavy atom. The number of hydrogen-bond donors (Lipinski definition) is 3. The minimum atomic E-state index is -0.968. The Labute approximate surface area is 136 Å². The number of carboxylic acids is 1. The predicted octanol–water partition coefficient (Wildman–Crippen LogP) is 3.11. The van der Waals surface area contributed by atoms with Crippen LogP contribution in [0.25, 0.3) is 10.9 Å². The van der Waals surface area contributed by atoms with Gasteiger partial charge in [0.05, 0.1) is 0 Å². The Hall–Kier alpha value is -2.30. The van der Waals surface area contributed by atoms with Crippen LogP contribution in [0.1, 0.15) is 38.7 Å². The number of aromatic amines is 1. The summed E-state index contributed by atoms with van der Waals surface area (Å²) in [5.74, 6) is -1.24. The molecular formula is C18H24N2O3. The molecule has 0 fully saturated rings. The van der Waals surface area contributed by atoms with Gasteiger partial charge in [0.2, 0.25) is 5.91 Å². The number of aliphatic carboxylic acids is 1.